The van der Waals surface area contributed by atoms with Gasteiger partial charge in [0, 0.05) is 6.20 Å². The van der Waals surface area contributed by atoms with Crippen LogP contribution in [0, 0.1) is 0 Å². The number of benzene rings is 1. The highest BCUT2D eigenvalue weighted by atomic mass is 16.5. The molecule has 0 radical (unpaired) electrons. The molecule has 0 aliphatic rings. The van der Waals surface area contributed by atoms with Gasteiger partial charge < -0.3 is 14.1 Å². The zero-order valence-corrected chi connectivity index (χ0v) is 10.3. The van der Waals surface area contributed by atoms with Crippen LogP contribution in [0.4, 0.5) is 0 Å². The summed E-state index contributed by atoms with van der Waals surface area (Å²) in [6, 6.07) is 8.97. The van der Waals surface area contributed by atoms with Gasteiger partial charge in [-0.05, 0) is 25.1 Å². The van der Waals surface area contributed by atoms with Gasteiger partial charge >= 0.3 is 5.97 Å². The number of carbonyl (C=O) groups is 1. The molecular weight excluding hydrogens is 244 g/mol. The third-order valence-corrected chi connectivity index (χ3v) is 2.98. The summed E-state index contributed by atoms with van der Waals surface area (Å²) < 4.78 is 6.65. The molecule has 96 valence electrons. The lowest BCUT2D eigenvalue weighted by molar-refractivity contribution is 0.0526. The lowest BCUT2D eigenvalue weighted by Gasteiger charge is -2.01. The molecule has 0 atom stereocenters. The van der Waals surface area contributed by atoms with E-state index in [1.165, 1.54) is 0 Å². The summed E-state index contributed by atoms with van der Waals surface area (Å²) in [6.07, 6.45) is 1.63. The van der Waals surface area contributed by atoms with Crippen LogP contribution in [0.15, 0.2) is 41.3 Å². The van der Waals surface area contributed by atoms with Crippen LogP contribution in [0.2, 0.25) is 0 Å². The fourth-order valence-electron chi connectivity index (χ4n) is 2.14. The Morgan fingerprint density at radius 1 is 1.32 bits per heavy atom. The van der Waals surface area contributed by atoms with Gasteiger partial charge in [-0.15, -0.1) is 0 Å². The Bertz CT molecular complexity index is 829. The molecule has 1 N–H and O–H groups in total. The first-order chi connectivity index (χ1) is 9.20. The number of fused-ring (bicyclic) bond motifs is 3. The van der Waals surface area contributed by atoms with E-state index in [2.05, 4.69) is 4.98 Å². The Hall–Kier alpha value is -2.56. The normalized spacial score (nSPS) is 11.0. The minimum Gasteiger partial charge on any atom is -0.462 e. The largest absolute Gasteiger partial charge is 0.462 e. The molecule has 1 aromatic carbocycles. The number of aromatic amines is 1. The van der Waals surface area contributed by atoms with Crippen molar-refractivity contribution in [2.75, 3.05) is 6.61 Å². The molecular formula is C14H12N2O3. The molecule has 3 rings (SSSR count). The smallest absolute Gasteiger partial charge is 0.339 e. The maximum Gasteiger partial charge on any atom is 0.339 e. The number of carbonyl (C=O) groups excluding carboxylic acids is 1. The first-order valence-electron chi connectivity index (χ1n) is 6.01. The highest BCUT2D eigenvalue weighted by Crippen LogP contribution is 2.15. The van der Waals surface area contributed by atoms with Gasteiger partial charge in [0.1, 0.15) is 5.52 Å². The SMILES string of the molecule is CCOC(=O)c1cc2c(=O)[nH]c3ccccc3n2c1. The molecule has 0 unspecified atom stereocenters. The van der Waals surface area contributed by atoms with E-state index in [0.717, 1.165) is 11.0 Å². The quantitative estimate of drug-likeness (QED) is 0.713. The molecule has 0 spiro atoms. The van der Waals surface area contributed by atoms with Crippen LogP contribution in [0.3, 0.4) is 0 Å². The molecule has 0 amide bonds. The molecule has 0 aliphatic heterocycles. The lowest BCUT2D eigenvalue weighted by atomic mass is 10.3. The molecule has 5 nitrogen and oxygen atoms in total. The van der Waals surface area contributed by atoms with Gasteiger partial charge in [0.15, 0.2) is 0 Å². The molecule has 3 aromatic rings. The van der Waals surface area contributed by atoms with E-state index in [-0.39, 0.29) is 5.56 Å². The van der Waals surface area contributed by atoms with Crippen molar-refractivity contribution in [1.29, 1.82) is 0 Å². The molecule has 19 heavy (non-hydrogen) atoms. The average Bonchev–Trinajstić information content (AvgIpc) is 2.85. The summed E-state index contributed by atoms with van der Waals surface area (Å²) >= 11 is 0. The number of hydrogen-bond acceptors (Lipinski definition) is 3. The molecule has 0 bridgehead atoms. The standard InChI is InChI=1S/C14H12N2O3/c1-2-19-14(18)9-7-12-13(17)15-10-5-3-4-6-11(10)16(12)8-9/h3-8H,2H2,1H3,(H,15,17). The monoisotopic (exact) mass is 256 g/mol. The van der Waals surface area contributed by atoms with Crippen molar-refractivity contribution in [3.8, 4) is 0 Å². The second-order valence-electron chi connectivity index (χ2n) is 4.18. The zero-order valence-electron chi connectivity index (χ0n) is 10.3. The van der Waals surface area contributed by atoms with Crippen LogP contribution in [0.1, 0.15) is 17.3 Å². The van der Waals surface area contributed by atoms with Gasteiger partial charge in [0.05, 0.1) is 23.2 Å². The van der Waals surface area contributed by atoms with E-state index in [0.29, 0.717) is 17.7 Å². The number of aromatic nitrogens is 2. The van der Waals surface area contributed by atoms with Crippen molar-refractivity contribution in [1.82, 2.24) is 9.38 Å². The molecule has 2 aromatic heterocycles. The van der Waals surface area contributed by atoms with Crippen molar-refractivity contribution >= 4 is 22.5 Å². The van der Waals surface area contributed by atoms with E-state index < -0.39 is 5.97 Å². The maximum atomic E-state index is 12.0. The Kier molecular flexibility index (Phi) is 2.59. The summed E-state index contributed by atoms with van der Waals surface area (Å²) in [7, 11) is 0. The van der Waals surface area contributed by atoms with Crippen LogP contribution in [-0.2, 0) is 4.74 Å². The van der Waals surface area contributed by atoms with Crippen LogP contribution in [0.5, 0.6) is 0 Å². The minimum absolute atomic E-state index is 0.228. The summed E-state index contributed by atoms with van der Waals surface area (Å²) in [5, 5.41) is 0. The Balaban J connectivity index is 2.32. The predicted molar refractivity (Wildman–Crippen MR) is 71.5 cm³/mol. The number of nitrogens with one attached hydrogen (secondary N) is 1. The summed E-state index contributed by atoms with van der Waals surface area (Å²) in [6.45, 7) is 2.05. The molecule has 2 heterocycles. The van der Waals surface area contributed by atoms with E-state index in [4.69, 9.17) is 4.74 Å². The van der Waals surface area contributed by atoms with Crippen LogP contribution < -0.4 is 5.56 Å². The van der Waals surface area contributed by atoms with E-state index >= 15 is 0 Å². The maximum absolute atomic E-state index is 12.0. The van der Waals surface area contributed by atoms with Gasteiger partial charge in [-0.1, -0.05) is 12.1 Å². The van der Waals surface area contributed by atoms with Crippen molar-refractivity contribution in [3.63, 3.8) is 0 Å². The number of H-pyrrole nitrogens is 1. The molecule has 5 heteroatoms. The number of nitrogens with zero attached hydrogens (tertiary/aromatic N) is 1. The van der Waals surface area contributed by atoms with E-state index in [1.807, 2.05) is 24.3 Å². The Labute approximate surface area is 108 Å². The number of hydrogen-bond donors (Lipinski definition) is 1. The first-order valence-corrected chi connectivity index (χ1v) is 6.01. The molecule has 0 fully saturated rings. The summed E-state index contributed by atoms with van der Waals surface area (Å²) in [5.41, 5.74) is 2.15. The molecule has 0 saturated heterocycles. The van der Waals surface area contributed by atoms with Gasteiger partial charge in [0.2, 0.25) is 0 Å². The minimum atomic E-state index is -0.422. The average molecular weight is 256 g/mol. The number of esters is 1. The van der Waals surface area contributed by atoms with Crippen molar-refractivity contribution in [2.45, 2.75) is 6.92 Å². The topological polar surface area (TPSA) is 63.6 Å². The first kappa shape index (κ1) is 11.5. The highest BCUT2D eigenvalue weighted by molar-refractivity contribution is 5.92. The second kappa shape index (κ2) is 4.28. The predicted octanol–water partition coefficient (Wildman–Crippen LogP) is 1.96. The second-order valence-corrected chi connectivity index (χ2v) is 4.18. The van der Waals surface area contributed by atoms with Crippen LogP contribution in [0.25, 0.3) is 16.6 Å². The van der Waals surface area contributed by atoms with Gasteiger partial charge in [0.25, 0.3) is 5.56 Å². The van der Waals surface area contributed by atoms with Gasteiger partial charge in [-0.3, -0.25) is 4.79 Å². The van der Waals surface area contributed by atoms with E-state index in [1.54, 1.807) is 23.6 Å². The zero-order chi connectivity index (χ0) is 13.4. The Morgan fingerprint density at radius 2 is 2.11 bits per heavy atom. The summed E-state index contributed by atoms with van der Waals surface area (Å²) in [4.78, 5) is 26.5. The van der Waals surface area contributed by atoms with Crippen molar-refractivity contribution in [2.24, 2.45) is 0 Å². The van der Waals surface area contributed by atoms with Crippen LogP contribution >= 0.6 is 0 Å². The number of ether oxygens (including phenoxy) is 1. The molecule has 0 saturated carbocycles. The fourth-order valence-corrected chi connectivity index (χ4v) is 2.14. The van der Waals surface area contributed by atoms with E-state index in [9.17, 15) is 9.59 Å². The highest BCUT2D eigenvalue weighted by Gasteiger charge is 2.13. The van der Waals surface area contributed by atoms with Crippen molar-refractivity contribution < 1.29 is 9.53 Å². The third-order valence-electron chi connectivity index (χ3n) is 2.98. The Morgan fingerprint density at radius 3 is 2.89 bits per heavy atom. The number of rotatable bonds is 2. The lowest BCUT2D eigenvalue weighted by Crippen LogP contribution is -2.09. The van der Waals surface area contributed by atoms with Gasteiger partial charge in [-0.25, -0.2) is 4.79 Å². The van der Waals surface area contributed by atoms with Gasteiger partial charge in [-0.2, -0.15) is 0 Å². The molecule has 0 aliphatic carbocycles. The third kappa shape index (κ3) is 1.79. The summed E-state index contributed by atoms with van der Waals surface area (Å²) in [5.74, 6) is -0.422. The van der Waals surface area contributed by atoms with Crippen molar-refractivity contribution in [3.05, 3.63) is 52.4 Å². The van der Waals surface area contributed by atoms with Crippen LogP contribution in [-0.4, -0.2) is 22.0 Å². The number of para-hydroxylation sites is 2. The fraction of sp³-hybridized carbons (Fsp3) is 0.143.